The Kier molecular flexibility index (Phi) is 4.78. The number of halogens is 4. The molecule has 1 fully saturated rings. The summed E-state index contributed by atoms with van der Waals surface area (Å²) in [5.41, 5.74) is 6.01. The van der Waals surface area contributed by atoms with Gasteiger partial charge in [0.2, 0.25) is 0 Å². The Hall–Kier alpha value is -0.880. The fourth-order valence-corrected chi connectivity index (χ4v) is 2.92. The lowest BCUT2D eigenvalue weighted by atomic mass is 9.99. The van der Waals surface area contributed by atoms with Crippen LogP contribution in [0.1, 0.15) is 31.5 Å². The normalized spacial score (nSPS) is 16.8. The second-order valence-corrected chi connectivity index (χ2v) is 5.85. The van der Waals surface area contributed by atoms with E-state index < -0.39 is 11.4 Å². The summed E-state index contributed by atoms with van der Waals surface area (Å²) < 4.78 is 18.7. The van der Waals surface area contributed by atoms with Gasteiger partial charge in [-0.3, -0.25) is 0 Å². The van der Waals surface area contributed by atoms with Crippen molar-refractivity contribution in [2.24, 2.45) is 5.73 Å². The summed E-state index contributed by atoms with van der Waals surface area (Å²) in [6.45, 7) is 0. The van der Waals surface area contributed by atoms with Crippen LogP contribution in [0.2, 0.25) is 10.0 Å². The minimum absolute atomic E-state index is 0. The molecule has 21 heavy (non-hydrogen) atoms. The Labute approximate surface area is 137 Å². The molecular formula is C13H13Cl3FN3O. The molecule has 2 N–H and O–H groups in total. The highest BCUT2D eigenvalue weighted by atomic mass is 35.5. The first kappa shape index (κ1) is 16.5. The highest BCUT2D eigenvalue weighted by molar-refractivity contribution is 6.36. The second-order valence-electron chi connectivity index (χ2n) is 5.03. The Morgan fingerprint density at radius 1 is 1.19 bits per heavy atom. The van der Waals surface area contributed by atoms with Crippen LogP contribution in [-0.4, -0.2) is 10.1 Å². The van der Waals surface area contributed by atoms with Crippen molar-refractivity contribution in [1.29, 1.82) is 0 Å². The molecule has 4 nitrogen and oxygen atoms in total. The van der Waals surface area contributed by atoms with Gasteiger partial charge in [-0.05, 0) is 25.0 Å². The molecule has 114 valence electrons. The second kappa shape index (κ2) is 6.08. The van der Waals surface area contributed by atoms with E-state index in [1.54, 1.807) is 0 Å². The molecule has 0 aliphatic heterocycles. The van der Waals surface area contributed by atoms with Gasteiger partial charge < -0.3 is 10.3 Å². The minimum atomic E-state index is -0.589. The van der Waals surface area contributed by atoms with Gasteiger partial charge in [0.05, 0.1) is 21.1 Å². The van der Waals surface area contributed by atoms with Gasteiger partial charge in [-0.1, -0.05) is 41.2 Å². The smallest absolute Gasteiger partial charge is 0.259 e. The number of benzene rings is 1. The number of aromatic nitrogens is 2. The summed E-state index contributed by atoms with van der Waals surface area (Å²) in [4.78, 5) is 4.27. The summed E-state index contributed by atoms with van der Waals surface area (Å²) in [6, 6.07) is 2.49. The van der Waals surface area contributed by atoms with Crippen LogP contribution in [0.3, 0.4) is 0 Å². The van der Waals surface area contributed by atoms with Crippen LogP contribution in [0, 0.1) is 5.82 Å². The molecular weight excluding hydrogens is 340 g/mol. The average molecular weight is 353 g/mol. The summed E-state index contributed by atoms with van der Waals surface area (Å²) in [7, 11) is 0. The maximum atomic E-state index is 13.5. The summed E-state index contributed by atoms with van der Waals surface area (Å²) in [6.07, 6.45) is 3.71. The Morgan fingerprint density at radius 3 is 2.52 bits per heavy atom. The molecule has 3 rings (SSSR count). The van der Waals surface area contributed by atoms with Crippen LogP contribution in [0.15, 0.2) is 16.7 Å². The van der Waals surface area contributed by atoms with Crippen LogP contribution in [0.25, 0.3) is 11.5 Å². The lowest BCUT2D eigenvalue weighted by Crippen LogP contribution is -2.34. The van der Waals surface area contributed by atoms with Crippen LogP contribution in [-0.2, 0) is 5.54 Å². The van der Waals surface area contributed by atoms with E-state index in [-0.39, 0.29) is 28.3 Å². The number of nitrogens with zero attached hydrogens (tertiary/aromatic N) is 2. The molecule has 2 aromatic rings. The van der Waals surface area contributed by atoms with Crippen molar-refractivity contribution >= 4 is 35.6 Å². The monoisotopic (exact) mass is 351 g/mol. The van der Waals surface area contributed by atoms with Crippen LogP contribution < -0.4 is 5.73 Å². The minimum Gasteiger partial charge on any atom is -0.334 e. The van der Waals surface area contributed by atoms with Crippen LogP contribution >= 0.6 is 35.6 Å². The maximum Gasteiger partial charge on any atom is 0.259 e. The molecule has 0 atom stereocenters. The first-order valence-corrected chi connectivity index (χ1v) is 7.03. The highest BCUT2D eigenvalue weighted by Gasteiger charge is 2.36. The third kappa shape index (κ3) is 3.01. The number of nitrogens with two attached hydrogens (primary N) is 1. The topological polar surface area (TPSA) is 64.9 Å². The van der Waals surface area contributed by atoms with Gasteiger partial charge in [-0.2, -0.15) is 4.98 Å². The van der Waals surface area contributed by atoms with E-state index >= 15 is 0 Å². The van der Waals surface area contributed by atoms with E-state index in [2.05, 4.69) is 10.1 Å². The zero-order chi connectivity index (χ0) is 14.3. The molecule has 1 aliphatic carbocycles. The van der Waals surface area contributed by atoms with Crippen molar-refractivity contribution in [3.05, 3.63) is 33.8 Å². The van der Waals surface area contributed by atoms with Gasteiger partial charge in [0.1, 0.15) is 5.82 Å². The van der Waals surface area contributed by atoms with Crippen molar-refractivity contribution in [1.82, 2.24) is 10.1 Å². The van der Waals surface area contributed by atoms with Gasteiger partial charge in [-0.15, -0.1) is 12.4 Å². The van der Waals surface area contributed by atoms with Gasteiger partial charge in [0.15, 0.2) is 5.82 Å². The van der Waals surface area contributed by atoms with Gasteiger partial charge >= 0.3 is 0 Å². The Balaban J connectivity index is 0.00000161. The SMILES string of the molecule is Cl.NC1(c2noc(-c3cc(F)c(Cl)cc3Cl)n2)CCCC1. The zero-order valence-corrected chi connectivity index (χ0v) is 13.2. The van der Waals surface area contributed by atoms with E-state index in [1.165, 1.54) is 12.1 Å². The van der Waals surface area contributed by atoms with E-state index in [9.17, 15) is 4.39 Å². The van der Waals surface area contributed by atoms with Gasteiger partial charge in [0, 0.05) is 0 Å². The molecule has 0 amide bonds. The number of hydrogen-bond acceptors (Lipinski definition) is 4. The predicted molar refractivity (Wildman–Crippen MR) is 81.3 cm³/mol. The summed E-state index contributed by atoms with van der Waals surface area (Å²) >= 11 is 11.7. The van der Waals surface area contributed by atoms with Crippen LogP contribution in [0.4, 0.5) is 4.39 Å². The van der Waals surface area contributed by atoms with Crippen LogP contribution in [0.5, 0.6) is 0 Å². The standard InChI is InChI=1S/C13H12Cl2FN3O.ClH/c14-8-6-9(15)10(16)5-7(8)11-18-12(19-20-11)13(17)3-1-2-4-13;/h5-6H,1-4,17H2;1H. The lowest BCUT2D eigenvalue weighted by molar-refractivity contribution is 0.372. The molecule has 0 bridgehead atoms. The molecule has 0 unspecified atom stereocenters. The first-order valence-electron chi connectivity index (χ1n) is 6.27. The molecule has 0 spiro atoms. The maximum absolute atomic E-state index is 13.5. The van der Waals surface area contributed by atoms with Crippen molar-refractivity contribution < 1.29 is 8.91 Å². The third-order valence-corrected chi connectivity index (χ3v) is 4.21. The molecule has 1 heterocycles. The average Bonchev–Trinajstić information content (AvgIpc) is 3.03. The Bertz CT molecular complexity index is 656. The largest absolute Gasteiger partial charge is 0.334 e. The lowest BCUT2D eigenvalue weighted by Gasteiger charge is -2.17. The zero-order valence-electron chi connectivity index (χ0n) is 10.9. The fraction of sp³-hybridized carbons (Fsp3) is 0.385. The van der Waals surface area contributed by atoms with Crippen molar-refractivity contribution in [3.63, 3.8) is 0 Å². The van der Waals surface area contributed by atoms with Crippen molar-refractivity contribution in [2.75, 3.05) is 0 Å². The van der Waals surface area contributed by atoms with Gasteiger partial charge in [-0.25, -0.2) is 4.39 Å². The van der Waals surface area contributed by atoms with E-state index in [1.807, 2.05) is 0 Å². The van der Waals surface area contributed by atoms with Crippen molar-refractivity contribution in [3.8, 4) is 11.5 Å². The molecule has 1 aliphatic rings. The molecule has 0 radical (unpaired) electrons. The molecule has 0 saturated heterocycles. The molecule has 1 aromatic carbocycles. The summed E-state index contributed by atoms with van der Waals surface area (Å²) in [5.74, 6) is 0.00265. The number of rotatable bonds is 2. The fourth-order valence-electron chi connectivity index (χ4n) is 2.45. The predicted octanol–water partition coefficient (Wildman–Crippen LogP) is 4.33. The molecule has 1 saturated carbocycles. The van der Waals surface area contributed by atoms with E-state index in [0.29, 0.717) is 11.4 Å². The Morgan fingerprint density at radius 2 is 1.86 bits per heavy atom. The molecule has 8 heteroatoms. The van der Waals surface area contributed by atoms with Gasteiger partial charge in [0.25, 0.3) is 5.89 Å². The van der Waals surface area contributed by atoms with E-state index in [0.717, 1.165) is 25.7 Å². The first-order chi connectivity index (χ1) is 9.49. The highest BCUT2D eigenvalue weighted by Crippen LogP contribution is 2.37. The number of hydrogen-bond donors (Lipinski definition) is 1. The third-order valence-electron chi connectivity index (χ3n) is 3.61. The van der Waals surface area contributed by atoms with Crippen molar-refractivity contribution in [2.45, 2.75) is 31.2 Å². The van der Waals surface area contributed by atoms with E-state index in [4.69, 9.17) is 33.5 Å². The summed E-state index contributed by atoms with van der Waals surface area (Å²) in [5, 5.41) is 4.12. The quantitative estimate of drug-likeness (QED) is 0.817. The molecule has 1 aromatic heterocycles.